The maximum Gasteiger partial charge on any atom is 0.357 e. The zero-order valence-electron chi connectivity index (χ0n) is 8.67. The lowest BCUT2D eigenvalue weighted by molar-refractivity contribution is 0.00628. The topological polar surface area (TPSA) is 39.2 Å². The Bertz CT molecular complexity index is 387. The van der Waals surface area contributed by atoms with E-state index < -0.39 is 11.6 Å². The molecule has 1 heterocycles. The zero-order valence-corrected chi connectivity index (χ0v) is 11.0. The molecular formula is C10H11BrClNO2. The maximum atomic E-state index is 11.6. The Morgan fingerprint density at radius 2 is 2.13 bits per heavy atom. The van der Waals surface area contributed by atoms with E-state index in [-0.39, 0.29) is 5.69 Å². The van der Waals surface area contributed by atoms with Crippen LogP contribution in [0.2, 0.25) is 5.02 Å². The Labute approximate surface area is 102 Å². The molecule has 0 amide bonds. The monoisotopic (exact) mass is 291 g/mol. The number of carbonyl (C=O) groups excluding carboxylic acids is 1. The van der Waals surface area contributed by atoms with Gasteiger partial charge in [-0.05, 0) is 42.8 Å². The summed E-state index contributed by atoms with van der Waals surface area (Å²) in [4.78, 5) is 15.5. The summed E-state index contributed by atoms with van der Waals surface area (Å²) in [6, 6.07) is 1.47. The molecule has 1 aromatic heterocycles. The van der Waals surface area contributed by atoms with E-state index in [1.54, 1.807) is 20.8 Å². The third-order valence-electron chi connectivity index (χ3n) is 1.42. The minimum Gasteiger partial charge on any atom is -0.455 e. The fourth-order valence-corrected chi connectivity index (χ4v) is 1.23. The highest BCUT2D eigenvalue weighted by Gasteiger charge is 2.19. The number of pyridine rings is 1. The van der Waals surface area contributed by atoms with Crippen molar-refractivity contribution in [2.75, 3.05) is 0 Å². The average molecular weight is 293 g/mol. The molecule has 1 rings (SSSR count). The van der Waals surface area contributed by atoms with Gasteiger partial charge < -0.3 is 4.74 Å². The van der Waals surface area contributed by atoms with Gasteiger partial charge in [0.25, 0.3) is 0 Å². The third-order valence-corrected chi connectivity index (χ3v) is 2.59. The normalized spacial score (nSPS) is 11.3. The van der Waals surface area contributed by atoms with Crippen molar-refractivity contribution in [3.05, 3.63) is 27.5 Å². The van der Waals surface area contributed by atoms with Gasteiger partial charge >= 0.3 is 5.97 Å². The lowest BCUT2D eigenvalue weighted by atomic mass is 10.2. The molecule has 0 bridgehead atoms. The molecule has 0 fully saturated rings. The Kier molecular flexibility index (Phi) is 3.73. The number of rotatable bonds is 1. The predicted molar refractivity (Wildman–Crippen MR) is 62.1 cm³/mol. The molecule has 0 radical (unpaired) electrons. The summed E-state index contributed by atoms with van der Waals surface area (Å²) in [6.07, 6.45) is 1.47. The number of carbonyl (C=O) groups is 1. The second kappa shape index (κ2) is 4.49. The lowest BCUT2D eigenvalue weighted by Gasteiger charge is -2.19. The van der Waals surface area contributed by atoms with E-state index in [0.29, 0.717) is 9.50 Å². The minimum atomic E-state index is -0.529. The van der Waals surface area contributed by atoms with E-state index in [2.05, 4.69) is 20.9 Å². The van der Waals surface area contributed by atoms with Crippen LogP contribution in [0, 0.1) is 0 Å². The van der Waals surface area contributed by atoms with E-state index >= 15 is 0 Å². The van der Waals surface area contributed by atoms with Gasteiger partial charge in [0, 0.05) is 6.20 Å². The molecule has 1 aromatic rings. The molecule has 0 unspecified atom stereocenters. The molecule has 0 aliphatic rings. The van der Waals surface area contributed by atoms with Gasteiger partial charge in [-0.3, -0.25) is 0 Å². The van der Waals surface area contributed by atoms with Gasteiger partial charge in [-0.1, -0.05) is 11.6 Å². The standard InChI is InChI=1S/C10H11BrClNO2/c1-10(2,3)15-9(14)8-4-7(12)6(11)5-13-8/h4-5H,1-3H3. The van der Waals surface area contributed by atoms with Crippen LogP contribution in [0.1, 0.15) is 31.3 Å². The predicted octanol–water partition coefficient (Wildman–Crippen LogP) is 3.45. The number of esters is 1. The van der Waals surface area contributed by atoms with Crippen LogP contribution in [0.25, 0.3) is 0 Å². The van der Waals surface area contributed by atoms with Gasteiger partial charge in [0.2, 0.25) is 0 Å². The summed E-state index contributed by atoms with van der Waals surface area (Å²) in [5.41, 5.74) is -0.323. The maximum absolute atomic E-state index is 11.6. The van der Waals surface area contributed by atoms with Gasteiger partial charge in [0.15, 0.2) is 0 Å². The second-order valence-corrected chi connectivity index (χ2v) is 5.25. The van der Waals surface area contributed by atoms with Gasteiger partial charge in [0.1, 0.15) is 11.3 Å². The van der Waals surface area contributed by atoms with Crippen LogP contribution in [-0.4, -0.2) is 16.6 Å². The van der Waals surface area contributed by atoms with Crippen molar-refractivity contribution >= 4 is 33.5 Å². The molecule has 0 saturated carbocycles. The largest absolute Gasteiger partial charge is 0.455 e. The van der Waals surface area contributed by atoms with Gasteiger partial charge in [-0.25, -0.2) is 9.78 Å². The van der Waals surface area contributed by atoms with E-state index in [0.717, 1.165) is 0 Å². The highest BCUT2D eigenvalue weighted by atomic mass is 79.9. The summed E-state index contributed by atoms with van der Waals surface area (Å²) in [6.45, 7) is 5.39. The van der Waals surface area contributed by atoms with Crippen LogP contribution >= 0.6 is 27.5 Å². The zero-order chi connectivity index (χ0) is 11.6. The quantitative estimate of drug-likeness (QED) is 0.744. The highest BCUT2D eigenvalue weighted by Crippen LogP contribution is 2.22. The molecule has 0 saturated heterocycles. The molecule has 0 N–H and O–H groups in total. The average Bonchev–Trinajstić information content (AvgIpc) is 2.06. The number of hydrogen-bond donors (Lipinski definition) is 0. The highest BCUT2D eigenvalue weighted by molar-refractivity contribution is 9.10. The first-order chi connectivity index (χ1) is 6.79. The van der Waals surface area contributed by atoms with Crippen LogP contribution in [0.5, 0.6) is 0 Å². The van der Waals surface area contributed by atoms with Crippen LogP contribution in [0.4, 0.5) is 0 Å². The first-order valence-corrected chi connectivity index (χ1v) is 5.51. The lowest BCUT2D eigenvalue weighted by Crippen LogP contribution is -2.24. The van der Waals surface area contributed by atoms with Crippen molar-refractivity contribution in [1.82, 2.24) is 4.98 Å². The SMILES string of the molecule is CC(C)(C)OC(=O)c1cc(Cl)c(Br)cn1. The third kappa shape index (κ3) is 3.80. The van der Waals surface area contributed by atoms with Gasteiger partial charge in [-0.15, -0.1) is 0 Å². The van der Waals surface area contributed by atoms with Crippen molar-refractivity contribution in [2.45, 2.75) is 26.4 Å². The molecule has 82 valence electrons. The number of halogens is 2. The fraction of sp³-hybridized carbons (Fsp3) is 0.400. The van der Waals surface area contributed by atoms with Crippen molar-refractivity contribution in [2.24, 2.45) is 0 Å². The Hall–Kier alpha value is -0.610. The van der Waals surface area contributed by atoms with Crippen LogP contribution in [0.3, 0.4) is 0 Å². The Morgan fingerprint density at radius 1 is 1.53 bits per heavy atom. The second-order valence-electron chi connectivity index (χ2n) is 3.99. The van der Waals surface area contributed by atoms with Crippen molar-refractivity contribution in [3.8, 4) is 0 Å². The fourth-order valence-electron chi connectivity index (χ4n) is 0.856. The molecule has 5 heteroatoms. The summed E-state index contributed by atoms with van der Waals surface area (Å²) >= 11 is 9.03. The molecule has 3 nitrogen and oxygen atoms in total. The molecule has 0 aliphatic carbocycles. The van der Waals surface area contributed by atoms with E-state index in [1.807, 2.05) is 0 Å². The van der Waals surface area contributed by atoms with Crippen LogP contribution < -0.4 is 0 Å². The number of nitrogens with zero attached hydrogens (tertiary/aromatic N) is 1. The molecule has 0 aromatic carbocycles. The molecule has 0 spiro atoms. The van der Waals surface area contributed by atoms with E-state index in [9.17, 15) is 4.79 Å². The van der Waals surface area contributed by atoms with Crippen LogP contribution in [0.15, 0.2) is 16.7 Å². The van der Waals surface area contributed by atoms with Gasteiger partial charge in [-0.2, -0.15) is 0 Å². The van der Waals surface area contributed by atoms with Crippen molar-refractivity contribution in [1.29, 1.82) is 0 Å². The van der Waals surface area contributed by atoms with E-state index in [1.165, 1.54) is 12.3 Å². The number of hydrogen-bond acceptors (Lipinski definition) is 3. The first kappa shape index (κ1) is 12.5. The molecule has 15 heavy (non-hydrogen) atoms. The first-order valence-electron chi connectivity index (χ1n) is 4.34. The van der Waals surface area contributed by atoms with Gasteiger partial charge in [0.05, 0.1) is 9.50 Å². The molecule has 0 atom stereocenters. The van der Waals surface area contributed by atoms with E-state index in [4.69, 9.17) is 16.3 Å². The van der Waals surface area contributed by atoms with Crippen molar-refractivity contribution in [3.63, 3.8) is 0 Å². The number of ether oxygens (including phenoxy) is 1. The van der Waals surface area contributed by atoms with Crippen molar-refractivity contribution < 1.29 is 9.53 Å². The molecule has 0 aliphatic heterocycles. The minimum absolute atomic E-state index is 0.207. The summed E-state index contributed by atoms with van der Waals surface area (Å²) in [5, 5.41) is 0.436. The summed E-state index contributed by atoms with van der Waals surface area (Å²) < 4.78 is 5.79. The smallest absolute Gasteiger partial charge is 0.357 e. The van der Waals surface area contributed by atoms with Crippen LogP contribution in [-0.2, 0) is 4.74 Å². The number of aromatic nitrogens is 1. The summed E-state index contributed by atoms with van der Waals surface area (Å²) in [5.74, 6) is -0.475. The Balaban J connectivity index is 2.88. The summed E-state index contributed by atoms with van der Waals surface area (Å²) in [7, 11) is 0. The molecular weight excluding hydrogens is 281 g/mol. The Morgan fingerprint density at radius 3 is 2.60 bits per heavy atom.